The number of methoxy groups -OCH3 is 1. The lowest BCUT2D eigenvalue weighted by atomic mass is 9.94. The summed E-state index contributed by atoms with van der Waals surface area (Å²) in [7, 11) is 1.77. The Morgan fingerprint density at radius 3 is 2.72 bits per heavy atom. The molecule has 1 N–H and O–H groups in total. The molecule has 1 aliphatic rings. The van der Waals surface area contributed by atoms with E-state index >= 15 is 0 Å². The molecule has 0 unspecified atom stereocenters. The van der Waals surface area contributed by atoms with Gasteiger partial charge in [-0.2, -0.15) is 0 Å². The van der Waals surface area contributed by atoms with Gasteiger partial charge in [0.25, 0.3) is 0 Å². The van der Waals surface area contributed by atoms with E-state index in [0.29, 0.717) is 5.41 Å². The third kappa shape index (κ3) is 3.26. The average Bonchev–Trinajstić information content (AvgIpc) is 3.10. The molecule has 2 nitrogen and oxygen atoms in total. The third-order valence-corrected chi connectivity index (χ3v) is 3.89. The molecule has 1 saturated carbocycles. The summed E-state index contributed by atoms with van der Waals surface area (Å²) in [4.78, 5) is 0. The van der Waals surface area contributed by atoms with Crippen molar-refractivity contribution in [2.75, 3.05) is 20.2 Å². The molecular weight excluding hydrogens is 222 g/mol. The first-order valence-corrected chi connectivity index (χ1v) is 7.03. The molecule has 0 spiro atoms. The fourth-order valence-corrected chi connectivity index (χ4v) is 2.57. The highest BCUT2D eigenvalue weighted by molar-refractivity contribution is 5.38. The molecule has 0 radical (unpaired) electrons. The molecule has 1 aromatic rings. The summed E-state index contributed by atoms with van der Waals surface area (Å²) in [6.07, 6.45) is 5.06. The van der Waals surface area contributed by atoms with Crippen LogP contribution in [0.15, 0.2) is 18.2 Å². The second-order valence-corrected chi connectivity index (χ2v) is 5.67. The van der Waals surface area contributed by atoms with Crippen LogP contribution in [0, 0.1) is 12.3 Å². The molecule has 0 aliphatic heterocycles. The van der Waals surface area contributed by atoms with Gasteiger partial charge in [0, 0.05) is 6.54 Å². The van der Waals surface area contributed by atoms with E-state index in [9.17, 15) is 0 Å². The summed E-state index contributed by atoms with van der Waals surface area (Å²) in [6.45, 7) is 6.65. The molecule has 1 aliphatic carbocycles. The minimum Gasteiger partial charge on any atom is -0.496 e. The number of aryl methyl sites for hydroxylation is 1. The van der Waals surface area contributed by atoms with Gasteiger partial charge < -0.3 is 10.1 Å². The molecule has 0 saturated heterocycles. The van der Waals surface area contributed by atoms with Crippen LogP contribution in [0.5, 0.6) is 5.75 Å². The van der Waals surface area contributed by atoms with Crippen LogP contribution in [-0.2, 0) is 6.42 Å². The molecule has 2 rings (SSSR count). The second-order valence-electron chi connectivity index (χ2n) is 5.67. The Morgan fingerprint density at radius 2 is 2.11 bits per heavy atom. The highest BCUT2D eigenvalue weighted by Crippen LogP contribution is 2.48. The van der Waals surface area contributed by atoms with Crippen LogP contribution in [0.2, 0.25) is 0 Å². The number of rotatable bonds is 7. The van der Waals surface area contributed by atoms with Crippen LogP contribution in [0.4, 0.5) is 0 Å². The van der Waals surface area contributed by atoms with Gasteiger partial charge >= 0.3 is 0 Å². The van der Waals surface area contributed by atoms with Crippen molar-refractivity contribution in [3.63, 3.8) is 0 Å². The lowest BCUT2D eigenvalue weighted by Crippen LogP contribution is -2.26. The first kappa shape index (κ1) is 13.4. The van der Waals surface area contributed by atoms with Crippen LogP contribution in [-0.4, -0.2) is 20.2 Å². The Kier molecular flexibility index (Phi) is 4.28. The van der Waals surface area contributed by atoms with Crippen LogP contribution in [0.25, 0.3) is 0 Å². The quantitative estimate of drug-likeness (QED) is 0.746. The number of ether oxygens (including phenoxy) is 1. The lowest BCUT2D eigenvalue weighted by Gasteiger charge is -2.18. The Hall–Kier alpha value is -1.02. The van der Waals surface area contributed by atoms with Crippen molar-refractivity contribution in [1.82, 2.24) is 5.32 Å². The molecule has 18 heavy (non-hydrogen) atoms. The van der Waals surface area contributed by atoms with Gasteiger partial charge in [0.1, 0.15) is 5.75 Å². The monoisotopic (exact) mass is 247 g/mol. The van der Waals surface area contributed by atoms with Crippen LogP contribution in [0.1, 0.15) is 37.3 Å². The number of benzene rings is 1. The van der Waals surface area contributed by atoms with E-state index in [-0.39, 0.29) is 0 Å². The predicted octanol–water partition coefficient (Wildman–Crippen LogP) is 3.33. The maximum Gasteiger partial charge on any atom is 0.122 e. The maximum absolute atomic E-state index is 5.48. The minimum absolute atomic E-state index is 0.496. The van der Waals surface area contributed by atoms with Crippen LogP contribution >= 0.6 is 0 Å². The van der Waals surface area contributed by atoms with Crippen LogP contribution in [0.3, 0.4) is 0 Å². The normalized spacial score (nSPS) is 16.6. The summed E-state index contributed by atoms with van der Waals surface area (Å²) in [6, 6.07) is 6.50. The fourth-order valence-electron chi connectivity index (χ4n) is 2.57. The van der Waals surface area contributed by atoms with Crippen molar-refractivity contribution in [2.24, 2.45) is 5.41 Å². The smallest absolute Gasteiger partial charge is 0.122 e. The van der Waals surface area contributed by atoms with Gasteiger partial charge in [-0.1, -0.05) is 24.6 Å². The lowest BCUT2D eigenvalue weighted by molar-refractivity contribution is 0.396. The summed E-state index contributed by atoms with van der Waals surface area (Å²) < 4.78 is 5.48. The van der Waals surface area contributed by atoms with Gasteiger partial charge in [-0.25, -0.2) is 0 Å². The molecule has 0 amide bonds. The van der Waals surface area contributed by atoms with Crippen molar-refractivity contribution >= 4 is 0 Å². The van der Waals surface area contributed by atoms with E-state index in [1.165, 1.54) is 30.4 Å². The average molecular weight is 247 g/mol. The van der Waals surface area contributed by atoms with E-state index in [1.54, 1.807) is 7.11 Å². The van der Waals surface area contributed by atoms with Crippen molar-refractivity contribution in [2.45, 2.75) is 39.5 Å². The Bertz CT molecular complexity index is 396. The largest absolute Gasteiger partial charge is 0.496 e. The standard InChI is InChI=1S/C16H25NO/c1-4-9-17-12-16(7-8-16)11-14-10-13(2)5-6-15(14)18-3/h5-6,10,17H,4,7-9,11-12H2,1-3H3. The second kappa shape index (κ2) is 5.75. The van der Waals surface area contributed by atoms with Crippen molar-refractivity contribution in [3.8, 4) is 5.75 Å². The molecule has 2 heteroatoms. The first-order chi connectivity index (χ1) is 8.69. The van der Waals surface area contributed by atoms with Gasteiger partial charge in [-0.3, -0.25) is 0 Å². The van der Waals surface area contributed by atoms with E-state index in [2.05, 4.69) is 37.4 Å². The highest BCUT2D eigenvalue weighted by Gasteiger charge is 2.42. The first-order valence-electron chi connectivity index (χ1n) is 7.03. The van der Waals surface area contributed by atoms with Gasteiger partial charge in [-0.05, 0) is 56.2 Å². The zero-order chi connectivity index (χ0) is 13.0. The maximum atomic E-state index is 5.48. The van der Waals surface area contributed by atoms with Gasteiger partial charge in [0.15, 0.2) is 0 Å². The Balaban J connectivity index is 2.02. The minimum atomic E-state index is 0.496. The summed E-state index contributed by atoms with van der Waals surface area (Å²) in [5.74, 6) is 1.04. The molecule has 0 heterocycles. The summed E-state index contributed by atoms with van der Waals surface area (Å²) >= 11 is 0. The highest BCUT2D eigenvalue weighted by atomic mass is 16.5. The summed E-state index contributed by atoms with van der Waals surface area (Å²) in [5, 5.41) is 3.57. The van der Waals surface area contributed by atoms with Gasteiger partial charge in [-0.15, -0.1) is 0 Å². The third-order valence-electron chi connectivity index (χ3n) is 3.89. The van der Waals surface area contributed by atoms with Gasteiger partial charge in [0.05, 0.1) is 7.11 Å². The zero-order valence-electron chi connectivity index (χ0n) is 11.9. The predicted molar refractivity (Wildman–Crippen MR) is 76.3 cm³/mol. The van der Waals surface area contributed by atoms with Crippen molar-refractivity contribution < 1.29 is 4.74 Å². The molecule has 0 bridgehead atoms. The van der Waals surface area contributed by atoms with Crippen LogP contribution < -0.4 is 10.1 Å². The van der Waals surface area contributed by atoms with E-state index < -0.39 is 0 Å². The van der Waals surface area contributed by atoms with E-state index in [4.69, 9.17) is 4.74 Å². The summed E-state index contributed by atoms with van der Waals surface area (Å²) in [5.41, 5.74) is 3.19. The Morgan fingerprint density at radius 1 is 1.33 bits per heavy atom. The van der Waals surface area contributed by atoms with Crippen molar-refractivity contribution in [1.29, 1.82) is 0 Å². The van der Waals surface area contributed by atoms with E-state index in [1.807, 2.05) is 0 Å². The SMILES string of the molecule is CCCNCC1(Cc2cc(C)ccc2OC)CC1. The molecular formula is C16H25NO. The molecule has 0 aromatic heterocycles. The molecule has 1 aromatic carbocycles. The van der Waals surface area contributed by atoms with E-state index in [0.717, 1.165) is 25.3 Å². The molecule has 0 atom stereocenters. The number of nitrogens with one attached hydrogen (secondary N) is 1. The number of hydrogen-bond donors (Lipinski definition) is 1. The van der Waals surface area contributed by atoms with Crippen molar-refractivity contribution in [3.05, 3.63) is 29.3 Å². The molecule has 1 fully saturated rings. The van der Waals surface area contributed by atoms with Gasteiger partial charge in [0.2, 0.25) is 0 Å². The Labute approximate surface area is 111 Å². The zero-order valence-corrected chi connectivity index (χ0v) is 11.9. The number of hydrogen-bond acceptors (Lipinski definition) is 2. The molecule has 100 valence electrons. The topological polar surface area (TPSA) is 21.3 Å². The fraction of sp³-hybridized carbons (Fsp3) is 0.625.